The van der Waals surface area contributed by atoms with Crippen LogP contribution in [0.1, 0.15) is 63.5 Å². The molecule has 0 spiro atoms. The molecule has 3 aromatic carbocycles. The summed E-state index contributed by atoms with van der Waals surface area (Å²) in [6, 6.07) is 27.2. The van der Waals surface area contributed by atoms with Crippen molar-refractivity contribution in [3.63, 3.8) is 0 Å². The van der Waals surface area contributed by atoms with E-state index in [0.29, 0.717) is 45.7 Å². The molecule has 3 aromatic rings. The zero-order valence-electron chi connectivity index (χ0n) is 27.2. The van der Waals surface area contributed by atoms with Gasteiger partial charge in [-0.15, -0.1) is 0 Å². The number of piperidine rings is 1. The van der Waals surface area contributed by atoms with Crippen LogP contribution in [-0.4, -0.2) is 73.4 Å². The van der Waals surface area contributed by atoms with E-state index in [4.69, 9.17) is 14.2 Å². The van der Waals surface area contributed by atoms with E-state index in [1.165, 1.54) is 0 Å². The minimum absolute atomic E-state index is 0.00231. The minimum Gasteiger partial charge on any atom is -0.493 e. The third-order valence-corrected chi connectivity index (χ3v) is 8.62. The van der Waals surface area contributed by atoms with Gasteiger partial charge in [0.25, 0.3) is 0 Å². The van der Waals surface area contributed by atoms with Crippen molar-refractivity contribution in [2.75, 3.05) is 40.0 Å². The molecular weight excluding hydrogens is 564 g/mol. The van der Waals surface area contributed by atoms with Crippen molar-refractivity contribution in [1.29, 1.82) is 0 Å². The maximum Gasteiger partial charge on any atom is 0.410 e. The molecule has 240 valence electrons. The lowest BCUT2D eigenvalue weighted by molar-refractivity contribution is -0.138. The van der Waals surface area contributed by atoms with Gasteiger partial charge in [0.1, 0.15) is 11.4 Å². The van der Waals surface area contributed by atoms with Gasteiger partial charge in [0, 0.05) is 45.8 Å². The predicted octanol–water partition coefficient (Wildman–Crippen LogP) is 7.34. The Morgan fingerprint density at radius 1 is 0.889 bits per heavy atom. The van der Waals surface area contributed by atoms with Crippen molar-refractivity contribution in [3.8, 4) is 16.9 Å². The van der Waals surface area contributed by atoms with Crippen LogP contribution in [-0.2, 0) is 20.7 Å². The van der Waals surface area contributed by atoms with Gasteiger partial charge in [0.15, 0.2) is 0 Å². The molecule has 1 unspecified atom stereocenters. The zero-order valence-corrected chi connectivity index (χ0v) is 27.2. The highest BCUT2D eigenvalue weighted by Crippen LogP contribution is 2.39. The number of methoxy groups -OCH3 is 1. The second kappa shape index (κ2) is 15.0. The van der Waals surface area contributed by atoms with Gasteiger partial charge in [-0.05, 0) is 80.7 Å². The summed E-state index contributed by atoms with van der Waals surface area (Å²) in [6.45, 7) is 8.38. The van der Waals surface area contributed by atoms with Crippen molar-refractivity contribution in [3.05, 3.63) is 90.0 Å². The van der Waals surface area contributed by atoms with Crippen molar-refractivity contribution in [2.45, 2.75) is 70.4 Å². The van der Waals surface area contributed by atoms with Gasteiger partial charge in [-0.3, -0.25) is 4.79 Å². The van der Waals surface area contributed by atoms with E-state index in [1.54, 1.807) is 12.0 Å². The van der Waals surface area contributed by atoms with Gasteiger partial charge >= 0.3 is 6.09 Å². The number of nitrogens with zero attached hydrogens (tertiary/aromatic N) is 2. The number of carbonyl (C=O) groups is 2. The first-order chi connectivity index (χ1) is 21.7. The maximum atomic E-state index is 14.6. The molecule has 2 amide bonds. The fourth-order valence-electron chi connectivity index (χ4n) is 6.22. The molecule has 2 fully saturated rings. The Bertz CT molecular complexity index is 1410. The smallest absolute Gasteiger partial charge is 0.410 e. The lowest BCUT2D eigenvalue weighted by atomic mass is 9.79. The molecule has 45 heavy (non-hydrogen) atoms. The summed E-state index contributed by atoms with van der Waals surface area (Å²) in [5, 5.41) is 0. The molecule has 1 aliphatic carbocycles. The number of amides is 2. The SMILES string of the molecule is COCCCOc1ccccc1CCN(C(=O)C1CN(C(=O)OC(C)(C)C)CC[C@@H]1c1cccc(-c2ccccc2)c1)C1CC1. The molecule has 5 rings (SSSR count). The Kier molecular flexibility index (Phi) is 10.8. The molecule has 7 nitrogen and oxygen atoms in total. The van der Waals surface area contributed by atoms with E-state index in [0.717, 1.165) is 47.3 Å². The number of likely N-dealkylation sites (tertiary alicyclic amines) is 1. The lowest BCUT2D eigenvalue weighted by Crippen LogP contribution is -2.51. The second-order valence-corrected chi connectivity index (χ2v) is 13.2. The van der Waals surface area contributed by atoms with Crippen LogP contribution in [0.15, 0.2) is 78.9 Å². The van der Waals surface area contributed by atoms with E-state index in [9.17, 15) is 9.59 Å². The Hall–Kier alpha value is -3.84. The molecule has 2 aliphatic rings. The Morgan fingerprint density at radius 3 is 2.36 bits per heavy atom. The molecular formula is C38H48N2O5. The van der Waals surface area contributed by atoms with Crippen LogP contribution < -0.4 is 4.74 Å². The molecule has 7 heteroatoms. The summed E-state index contributed by atoms with van der Waals surface area (Å²) in [7, 11) is 1.70. The Balaban J connectivity index is 1.38. The van der Waals surface area contributed by atoms with E-state index in [2.05, 4.69) is 47.4 Å². The molecule has 2 atom stereocenters. The summed E-state index contributed by atoms with van der Waals surface area (Å²) in [5.74, 6) is 0.622. The largest absolute Gasteiger partial charge is 0.493 e. The molecule has 0 bridgehead atoms. The highest BCUT2D eigenvalue weighted by atomic mass is 16.6. The molecule has 1 saturated carbocycles. The van der Waals surface area contributed by atoms with Crippen molar-refractivity contribution in [1.82, 2.24) is 9.80 Å². The number of hydrogen-bond donors (Lipinski definition) is 0. The monoisotopic (exact) mass is 612 g/mol. The molecule has 0 radical (unpaired) electrons. The molecule has 0 N–H and O–H groups in total. The van der Waals surface area contributed by atoms with Gasteiger partial charge in [-0.1, -0.05) is 72.8 Å². The van der Waals surface area contributed by atoms with Crippen molar-refractivity contribution in [2.24, 2.45) is 5.92 Å². The maximum absolute atomic E-state index is 14.6. The summed E-state index contributed by atoms with van der Waals surface area (Å²) in [6.07, 6.45) is 3.90. The molecule has 1 saturated heterocycles. The average Bonchev–Trinajstić information content (AvgIpc) is 3.89. The summed E-state index contributed by atoms with van der Waals surface area (Å²) in [4.78, 5) is 31.7. The third kappa shape index (κ3) is 8.88. The zero-order chi connectivity index (χ0) is 31.8. The van der Waals surface area contributed by atoms with Crippen molar-refractivity contribution < 1.29 is 23.8 Å². The minimum atomic E-state index is -0.601. The fourth-order valence-corrected chi connectivity index (χ4v) is 6.22. The van der Waals surface area contributed by atoms with E-state index >= 15 is 0 Å². The molecule has 1 aliphatic heterocycles. The van der Waals surface area contributed by atoms with Crippen LogP contribution in [0.3, 0.4) is 0 Å². The molecule has 1 heterocycles. The summed E-state index contributed by atoms with van der Waals surface area (Å²) < 4.78 is 17.0. The number of benzene rings is 3. The highest BCUT2D eigenvalue weighted by molar-refractivity contribution is 5.82. The van der Waals surface area contributed by atoms with Crippen LogP contribution in [0.25, 0.3) is 11.1 Å². The van der Waals surface area contributed by atoms with Gasteiger partial charge < -0.3 is 24.0 Å². The van der Waals surface area contributed by atoms with Gasteiger partial charge in [0.05, 0.1) is 12.5 Å². The third-order valence-electron chi connectivity index (χ3n) is 8.62. The van der Waals surface area contributed by atoms with Gasteiger partial charge in [-0.2, -0.15) is 0 Å². The predicted molar refractivity (Wildman–Crippen MR) is 177 cm³/mol. The number of carbonyl (C=O) groups excluding carboxylic acids is 2. The van der Waals surface area contributed by atoms with E-state index in [-0.39, 0.29) is 29.9 Å². The Labute approximate surface area is 268 Å². The normalized spacial score (nSPS) is 18.4. The number of para-hydroxylation sites is 1. The molecule has 0 aromatic heterocycles. The highest BCUT2D eigenvalue weighted by Gasteiger charge is 2.43. The van der Waals surface area contributed by atoms with Gasteiger partial charge in [-0.25, -0.2) is 4.79 Å². The van der Waals surface area contributed by atoms with Crippen molar-refractivity contribution >= 4 is 12.0 Å². The van der Waals surface area contributed by atoms with Gasteiger partial charge in [0.2, 0.25) is 5.91 Å². The fraction of sp³-hybridized carbons (Fsp3) is 0.474. The lowest BCUT2D eigenvalue weighted by Gasteiger charge is -2.40. The van der Waals surface area contributed by atoms with E-state index in [1.807, 2.05) is 57.2 Å². The topological polar surface area (TPSA) is 68.3 Å². The number of rotatable bonds is 12. The first-order valence-corrected chi connectivity index (χ1v) is 16.4. The average molecular weight is 613 g/mol. The van der Waals surface area contributed by atoms with E-state index < -0.39 is 5.60 Å². The standard InChI is InChI=1S/C38H48N2O5/c1-38(2,3)45-37(42)39-22-21-33(31-16-10-15-30(26-31)28-12-6-5-7-13-28)34(27-39)36(41)40(32-18-19-32)23-20-29-14-8-9-17-35(29)44-25-11-24-43-4/h5-10,12-17,26,32-34H,11,18-25,27H2,1-4H3/t33-,34?/m1/s1. The summed E-state index contributed by atoms with van der Waals surface area (Å²) >= 11 is 0. The van der Waals surface area contributed by atoms with Crippen LogP contribution in [0.4, 0.5) is 4.79 Å². The van der Waals surface area contributed by atoms with Crippen LogP contribution >= 0.6 is 0 Å². The first-order valence-electron chi connectivity index (χ1n) is 16.4. The van der Waals surface area contributed by atoms with Crippen LogP contribution in [0.5, 0.6) is 5.75 Å². The van der Waals surface area contributed by atoms with Crippen LogP contribution in [0.2, 0.25) is 0 Å². The van der Waals surface area contributed by atoms with Crippen LogP contribution in [0, 0.1) is 5.92 Å². The second-order valence-electron chi connectivity index (χ2n) is 13.2. The quantitative estimate of drug-likeness (QED) is 0.200. The Morgan fingerprint density at radius 2 is 1.62 bits per heavy atom. The number of ether oxygens (including phenoxy) is 3. The number of hydrogen-bond acceptors (Lipinski definition) is 5. The summed E-state index contributed by atoms with van der Waals surface area (Å²) in [5.41, 5.74) is 3.92. The first kappa shape index (κ1) is 32.6.